The van der Waals surface area contributed by atoms with Crippen LogP contribution in [0.3, 0.4) is 0 Å². The van der Waals surface area contributed by atoms with E-state index in [0.717, 1.165) is 40.3 Å². The first kappa shape index (κ1) is 18.4. The number of fused-ring (bicyclic) bond motifs is 1. The molecular formula is C25H23ClN2O. The van der Waals surface area contributed by atoms with Gasteiger partial charge in [-0.05, 0) is 53.8 Å². The topological polar surface area (TPSA) is 37.5 Å². The summed E-state index contributed by atoms with van der Waals surface area (Å²) in [7, 11) is 0. The van der Waals surface area contributed by atoms with Crippen LogP contribution in [-0.2, 0) is 5.41 Å². The third-order valence-corrected chi connectivity index (χ3v) is 6.51. The molecule has 2 heterocycles. The summed E-state index contributed by atoms with van der Waals surface area (Å²) in [4.78, 5) is 4.74. The van der Waals surface area contributed by atoms with Crippen LogP contribution in [0.1, 0.15) is 31.2 Å². The minimum absolute atomic E-state index is 0.0726. The summed E-state index contributed by atoms with van der Waals surface area (Å²) in [6.07, 6.45) is 8.70. The smallest absolute Gasteiger partial charge is 0.137 e. The van der Waals surface area contributed by atoms with Crippen LogP contribution in [0.4, 0.5) is 0 Å². The van der Waals surface area contributed by atoms with E-state index in [4.69, 9.17) is 16.6 Å². The number of rotatable bonds is 4. The fraction of sp³-hybridized carbons (Fsp3) is 0.240. The normalized spacial score (nSPS) is 15.8. The van der Waals surface area contributed by atoms with Crippen molar-refractivity contribution in [2.24, 2.45) is 0 Å². The first-order valence-electron chi connectivity index (χ1n) is 10.1. The fourth-order valence-electron chi connectivity index (χ4n) is 4.54. The van der Waals surface area contributed by atoms with Crippen molar-refractivity contribution in [3.63, 3.8) is 0 Å². The number of halogens is 1. The number of aromatic nitrogens is 2. The number of hydrogen-bond donors (Lipinski definition) is 1. The van der Waals surface area contributed by atoms with Crippen LogP contribution in [0, 0.1) is 0 Å². The Labute approximate surface area is 175 Å². The van der Waals surface area contributed by atoms with Crippen molar-refractivity contribution in [3.05, 3.63) is 83.6 Å². The van der Waals surface area contributed by atoms with Gasteiger partial charge >= 0.3 is 0 Å². The molecule has 1 aliphatic rings. The van der Waals surface area contributed by atoms with Crippen molar-refractivity contribution in [3.8, 4) is 22.4 Å². The molecule has 3 nitrogen and oxygen atoms in total. The maximum atomic E-state index is 10.1. The fourth-order valence-corrected chi connectivity index (χ4v) is 4.67. The Morgan fingerprint density at radius 3 is 2.41 bits per heavy atom. The molecule has 0 saturated heterocycles. The predicted octanol–water partition coefficient (Wildman–Crippen LogP) is 6.13. The van der Waals surface area contributed by atoms with E-state index in [1.54, 1.807) is 0 Å². The molecule has 1 N–H and O–H groups in total. The number of imidazole rings is 1. The molecule has 0 unspecified atom stereocenters. The zero-order chi connectivity index (χ0) is 19.8. The maximum absolute atomic E-state index is 10.1. The van der Waals surface area contributed by atoms with E-state index in [9.17, 15) is 5.11 Å². The molecule has 4 heteroatoms. The average Bonchev–Trinajstić information content (AvgIpc) is 3.41. The van der Waals surface area contributed by atoms with Crippen molar-refractivity contribution < 1.29 is 5.11 Å². The second-order valence-electron chi connectivity index (χ2n) is 8.04. The van der Waals surface area contributed by atoms with E-state index in [-0.39, 0.29) is 12.0 Å². The van der Waals surface area contributed by atoms with E-state index in [1.807, 2.05) is 24.3 Å². The third-order valence-electron chi connectivity index (χ3n) is 6.26. The molecule has 5 rings (SSSR count). The second kappa shape index (κ2) is 7.33. The molecule has 1 saturated carbocycles. The van der Waals surface area contributed by atoms with E-state index >= 15 is 0 Å². The van der Waals surface area contributed by atoms with Crippen LogP contribution in [0.15, 0.2) is 73.1 Å². The van der Waals surface area contributed by atoms with Gasteiger partial charge in [0, 0.05) is 28.4 Å². The van der Waals surface area contributed by atoms with E-state index in [2.05, 4.69) is 53.2 Å². The van der Waals surface area contributed by atoms with Crippen LogP contribution in [0.2, 0.25) is 5.02 Å². The Bertz CT molecular complexity index is 1160. The summed E-state index contributed by atoms with van der Waals surface area (Å²) in [5.41, 5.74) is 6.39. The SMILES string of the molecule is OCC1(c2cccc(-c3ccc4nc(-c5ccc(Cl)cc5)cn4c3)c2)CCCC1. The molecule has 2 aromatic carbocycles. The highest BCUT2D eigenvalue weighted by Crippen LogP contribution is 2.41. The number of pyridine rings is 1. The molecule has 1 fully saturated rings. The van der Waals surface area contributed by atoms with E-state index in [0.29, 0.717) is 0 Å². The van der Waals surface area contributed by atoms with Crippen LogP contribution < -0.4 is 0 Å². The summed E-state index contributed by atoms with van der Waals surface area (Å²) in [5.74, 6) is 0. The highest BCUT2D eigenvalue weighted by molar-refractivity contribution is 6.30. The van der Waals surface area contributed by atoms with Crippen molar-refractivity contribution in [1.82, 2.24) is 9.38 Å². The second-order valence-corrected chi connectivity index (χ2v) is 8.48. The highest BCUT2D eigenvalue weighted by atomic mass is 35.5. The lowest BCUT2D eigenvalue weighted by molar-refractivity contribution is 0.196. The van der Waals surface area contributed by atoms with Gasteiger partial charge < -0.3 is 9.51 Å². The molecule has 0 bridgehead atoms. The minimum atomic E-state index is -0.0726. The summed E-state index contributed by atoms with van der Waals surface area (Å²) >= 11 is 6.01. The average molecular weight is 403 g/mol. The van der Waals surface area contributed by atoms with E-state index in [1.165, 1.54) is 24.0 Å². The Kier molecular flexibility index (Phi) is 4.65. The monoisotopic (exact) mass is 402 g/mol. The Hall–Kier alpha value is -2.62. The van der Waals surface area contributed by atoms with Crippen LogP contribution in [0.25, 0.3) is 28.0 Å². The Balaban J connectivity index is 1.52. The predicted molar refractivity (Wildman–Crippen MR) is 118 cm³/mol. The largest absolute Gasteiger partial charge is 0.395 e. The Morgan fingerprint density at radius 2 is 1.66 bits per heavy atom. The Morgan fingerprint density at radius 1 is 0.897 bits per heavy atom. The maximum Gasteiger partial charge on any atom is 0.137 e. The van der Waals surface area contributed by atoms with Gasteiger partial charge in [-0.1, -0.05) is 60.8 Å². The van der Waals surface area contributed by atoms with Crippen LogP contribution >= 0.6 is 11.6 Å². The first-order chi connectivity index (χ1) is 14.2. The molecule has 0 spiro atoms. The van der Waals surface area contributed by atoms with Crippen molar-refractivity contribution in [2.45, 2.75) is 31.1 Å². The summed E-state index contributed by atoms with van der Waals surface area (Å²) < 4.78 is 2.07. The summed E-state index contributed by atoms with van der Waals surface area (Å²) in [6, 6.07) is 20.6. The molecule has 0 radical (unpaired) electrons. The molecule has 146 valence electrons. The molecule has 0 aliphatic heterocycles. The third kappa shape index (κ3) is 3.35. The number of nitrogens with zero attached hydrogens (tertiary/aromatic N) is 2. The van der Waals surface area contributed by atoms with Gasteiger partial charge in [-0.25, -0.2) is 4.98 Å². The van der Waals surface area contributed by atoms with Crippen molar-refractivity contribution >= 4 is 17.2 Å². The van der Waals surface area contributed by atoms with Gasteiger partial charge in [-0.15, -0.1) is 0 Å². The molecule has 2 aromatic heterocycles. The van der Waals surface area contributed by atoms with E-state index < -0.39 is 0 Å². The standard InChI is InChI=1S/C25H23ClN2O/c26-22-9-6-18(7-10-22)23-16-28-15-20(8-11-24(28)27-23)19-4-3-5-21(14-19)25(17-29)12-1-2-13-25/h3-11,14-16,29H,1-2,12-13,17H2. The quantitative estimate of drug-likeness (QED) is 0.446. The lowest BCUT2D eigenvalue weighted by Crippen LogP contribution is -2.26. The van der Waals surface area contributed by atoms with Gasteiger partial charge in [0.05, 0.1) is 12.3 Å². The first-order valence-corrected chi connectivity index (χ1v) is 10.5. The molecular weight excluding hydrogens is 380 g/mol. The lowest BCUT2D eigenvalue weighted by atomic mass is 9.79. The summed E-state index contributed by atoms with van der Waals surface area (Å²) in [6.45, 7) is 0.224. The van der Waals surface area contributed by atoms with Gasteiger partial charge in [0.25, 0.3) is 0 Å². The molecule has 29 heavy (non-hydrogen) atoms. The van der Waals surface area contributed by atoms with Gasteiger partial charge in [0.15, 0.2) is 0 Å². The van der Waals surface area contributed by atoms with Gasteiger partial charge in [0.2, 0.25) is 0 Å². The molecule has 0 atom stereocenters. The van der Waals surface area contributed by atoms with Gasteiger partial charge in [-0.2, -0.15) is 0 Å². The number of aliphatic hydroxyl groups is 1. The number of benzene rings is 2. The molecule has 1 aliphatic carbocycles. The van der Waals surface area contributed by atoms with Crippen molar-refractivity contribution in [1.29, 1.82) is 0 Å². The minimum Gasteiger partial charge on any atom is -0.395 e. The molecule has 0 amide bonds. The molecule has 4 aromatic rings. The lowest BCUT2D eigenvalue weighted by Gasteiger charge is -2.27. The van der Waals surface area contributed by atoms with Crippen LogP contribution in [0.5, 0.6) is 0 Å². The number of hydrogen-bond acceptors (Lipinski definition) is 2. The highest BCUT2D eigenvalue weighted by Gasteiger charge is 2.35. The zero-order valence-corrected chi connectivity index (χ0v) is 16.9. The zero-order valence-electron chi connectivity index (χ0n) is 16.2. The van der Waals surface area contributed by atoms with Gasteiger partial charge in [-0.3, -0.25) is 0 Å². The summed E-state index contributed by atoms with van der Waals surface area (Å²) in [5, 5.41) is 10.8. The van der Waals surface area contributed by atoms with Gasteiger partial charge in [0.1, 0.15) is 5.65 Å². The van der Waals surface area contributed by atoms with Crippen molar-refractivity contribution in [2.75, 3.05) is 6.61 Å². The number of aliphatic hydroxyl groups excluding tert-OH is 1. The van der Waals surface area contributed by atoms with Crippen LogP contribution in [-0.4, -0.2) is 21.1 Å².